The Morgan fingerprint density at radius 3 is 2.44 bits per heavy atom. The van der Waals surface area contributed by atoms with Crippen LogP contribution in [0.5, 0.6) is 0 Å². The van der Waals surface area contributed by atoms with Gasteiger partial charge < -0.3 is 9.80 Å². The molecule has 18 heavy (non-hydrogen) atoms. The first kappa shape index (κ1) is 13.4. The monoisotopic (exact) mass is 249 g/mol. The highest BCUT2D eigenvalue weighted by Gasteiger charge is 2.43. The van der Waals surface area contributed by atoms with E-state index in [2.05, 4.69) is 11.0 Å². The molecule has 1 aliphatic carbocycles. The second kappa shape index (κ2) is 5.71. The Morgan fingerprint density at radius 2 is 1.89 bits per heavy atom. The van der Waals surface area contributed by atoms with Crippen molar-refractivity contribution in [2.75, 3.05) is 33.2 Å². The molecule has 4 heteroatoms. The number of nitrogens with zero attached hydrogens (tertiary/aromatic N) is 3. The zero-order valence-electron chi connectivity index (χ0n) is 11.3. The lowest BCUT2D eigenvalue weighted by Gasteiger charge is -2.28. The number of hydrogen-bond donors (Lipinski definition) is 0. The van der Waals surface area contributed by atoms with E-state index in [1.165, 1.54) is 12.8 Å². The number of likely N-dealkylation sites (tertiary alicyclic amines) is 1. The second-order valence-electron chi connectivity index (χ2n) is 5.68. The standard InChI is InChI=1S/C14H23N3O/c1-16(10-11-17-8-4-5-9-17)13(18)14(12-15)6-2-3-7-14/h2-11H2,1H3. The summed E-state index contributed by atoms with van der Waals surface area (Å²) in [5.74, 6) is 0.0432. The molecule has 0 atom stereocenters. The summed E-state index contributed by atoms with van der Waals surface area (Å²) in [7, 11) is 1.84. The maximum Gasteiger partial charge on any atom is 0.242 e. The summed E-state index contributed by atoms with van der Waals surface area (Å²) in [6.07, 6.45) is 6.07. The lowest BCUT2D eigenvalue weighted by molar-refractivity contribution is -0.137. The molecule has 1 amide bonds. The molecule has 0 aromatic carbocycles. The van der Waals surface area contributed by atoms with Gasteiger partial charge in [0.15, 0.2) is 0 Å². The minimum Gasteiger partial charge on any atom is -0.343 e. The van der Waals surface area contributed by atoms with Crippen LogP contribution in [0.25, 0.3) is 0 Å². The number of hydrogen-bond acceptors (Lipinski definition) is 3. The number of carbonyl (C=O) groups excluding carboxylic acids is 1. The zero-order chi connectivity index (χ0) is 13.0. The average Bonchev–Trinajstić information content (AvgIpc) is 3.06. The highest BCUT2D eigenvalue weighted by molar-refractivity contribution is 5.85. The lowest BCUT2D eigenvalue weighted by atomic mass is 9.86. The summed E-state index contributed by atoms with van der Waals surface area (Å²) >= 11 is 0. The fourth-order valence-electron chi connectivity index (χ4n) is 3.12. The van der Waals surface area contributed by atoms with Crippen molar-refractivity contribution in [3.63, 3.8) is 0 Å². The molecule has 4 nitrogen and oxygen atoms in total. The van der Waals surface area contributed by atoms with Crippen molar-refractivity contribution in [3.05, 3.63) is 0 Å². The molecular weight excluding hydrogens is 226 g/mol. The van der Waals surface area contributed by atoms with Crippen molar-refractivity contribution in [1.29, 1.82) is 5.26 Å². The molecule has 0 bridgehead atoms. The van der Waals surface area contributed by atoms with Crippen molar-refractivity contribution < 1.29 is 4.79 Å². The van der Waals surface area contributed by atoms with Gasteiger partial charge in [0.25, 0.3) is 0 Å². The quantitative estimate of drug-likeness (QED) is 0.760. The summed E-state index contributed by atoms with van der Waals surface area (Å²) < 4.78 is 0. The fourth-order valence-corrected chi connectivity index (χ4v) is 3.12. The van der Waals surface area contributed by atoms with Gasteiger partial charge in [0, 0.05) is 20.1 Å². The van der Waals surface area contributed by atoms with E-state index < -0.39 is 5.41 Å². The highest BCUT2D eigenvalue weighted by Crippen LogP contribution is 2.38. The number of carbonyl (C=O) groups is 1. The first-order valence-electron chi connectivity index (χ1n) is 7.07. The third kappa shape index (κ3) is 2.67. The normalized spacial score (nSPS) is 22.9. The summed E-state index contributed by atoms with van der Waals surface area (Å²) in [5.41, 5.74) is -0.709. The van der Waals surface area contributed by atoms with Gasteiger partial charge in [-0.1, -0.05) is 12.8 Å². The Bertz CT molecular complexity index is 335. The topological polar surface area (TPSA) is 47.3 Å². The molecule has 0 unspecified atom stereocenters. The van der Waals surface area contributed by atoms with E-state index in [1.807, 2.05) is 7.05 Å². The van der Waals surface area contributed by atoms with E-state index in [0.717, 1.165) is 51.9 Å². The highest BCUT2D eigenvalue weighted by atomic mass is 16.2. The number of amides is 1. The van der Waals surface area contributed by atoms with E-state index in [9.17, 15) is 10.1 Å². The second-order valence-corrected chi connectivity index (χ2v) is 5.68. The van der Waals surface area contributed by atoms with Crippen molar-refractivity contribution in [2.24, 2.45) is 5.41 Å². The molecule has 100 valence electrons. The van der Waals surface area contributed by atoms with Gasteiger partial charge in [0.1, 0.15) is 5.41 Å². The number of rotatable bonds is 4. The molecule has 2 rings (SSSR count). The molecule has 1 heterocycles. The van der Waals surface area contributed by atoms with Crippen LogP contribution in [0.3, 0.4) is 0 Å². The predicted octanol–water partition coefficient (Wildman–Crippen LogP) is 1.62. The van der Waals surface area contributed by atoms with Crippen LogP contribution in [-0.4, -0.2) is 48.9 Å². The van der Waals surface area contributed by atoms with Crippen LogP contribution in [-0.2, 0) is 4.79 Å². The van der Waals surface area contributed by atoms with E-state index in [4.69, 9.17) is 0 Å². The Kier molecular flexibility index (Phi) is 4.23. The Labute approximate surface area is 110 Å². The van der Waals surface area contributed by atoms with Crippen LogP contribution in [0, 0.1) is 16.7 Å². The third-order valence-electron chi connectivity index (χ3n) is 4.38. The average molecular weight is 249 g/mol. The Hall–Kier alpha value is -1.08. The largest absolute Gasteiger partial charge is 0.343 e. The smallest absolute Gasteiger partial charge is 0.242 e. The van der Waals surface area contributed by atoms with Gasteiger partial charge in [-0.3, -0.25) is 4.79 Å². The van der Waals surface area contributed by atoms with Gasteiger partial charge >= 0.3 is 0 Å². The van der Waals surface area contributed by atoms with Gasteiger partial charge in [-0.05, 0) is 38.8 Å². The van der Waals surface area contributed by atoms with E-state index in [-0.39, 0.29) is 5.91 Å². The van der Waals surface area contributed by atoms with Crippen LogP contribution in [0.15, 0.2) is 0 Å². The van der Waals surface area contributed by atoms with Crippen molar-refractivity contribution in [1.82, 2.24) is 9.80 Å². The summed E-state index contributed by atoms with van der Waals surface area (Å²) in [6, 6.07) is 2.28. The van der Waals surface area contributed by atoms with Crippen molar-refractivity contribution in [3.8, 4) is 6.07 Å². The molecule has 1 saturated carbocycles. The fraction of sp³-hybridized carbons (Fsp3) is 0.857. The van der Waals surface area contributed by atoms with Crippen LogP contribution < -0.4 is 0 Å². The molecule has 0 N–H and O–H groups in total. The molecule has 0 spiro atoms. The number of likely N-dealkylation sites (N-methyl/N-ethyl adjacent to an activating group) is 1. The molecule has 0 radical (unpaired) electrons. The molecule has 1 saturated heterocycles. The lowest BCUT2D eigenvalue weighted by Crippen LogP contribution is -2.42. The summed E-state index contributed by atoms with van der Waals surface area (Å²) in [4.78, 5) is 16.6. The van der Waals surface area contributed by atoms with Crippen LogP contribution in [0.4, 0.5) is 0 Å². The van der Waals surface area contributed by atoms with Crippen molar-refractivity contribution >= 4 is 5.91 Å². The van der Waals surface area contributed by atoms with Crippen LogP contribution >= 0.6 is 0 Å². The van der Waals surface area contributed by atoms with Crippen LogP contribution in [0.2, 0.25) is 0 Å². The van der Waals surface area contributed by atoms with E-state index >= 15 is 0 Å². The van der Waals surface area contributed by atoms with Crippen LogP contribution in [0.1, 0.15) is 38.5 Å². The number of nitriles is 1. The molecular formula is C14H23N3O. The van der Waals surface area contributed by atoms with Gasteiger partial charge in [0.2, 0.25) is 5.91 Å². The minimum atomic E-state index is -0.709. The summed E-state index contributed by atoms with van der Waals surface area (Å²) in [6.45, 7) is 4.02. The van der Waals surface area contributed by atoms with E-state index in [1.54, 1.807) is 4.90 Å². The van der Waals surface area contributed by atoms with E-state index in [0.29, 0.717) is 0 Å². The first-order chi connectivity index (χ1) is 8.68. The van der Waals surface area contributed by atoms with Gasteiger partial charge in [-0.25, -0.2) is 0 Å². The summed E-state index contributed by atoms with van der Waals surface area (Å²) in [5, 5.41) is 9.31. The Balaban J connectivity index is 1.85. The maximum absolute atomic E-state index is 12.4. The molecule has 0 aromatic rings. The minimum absolute atomic E-state index is 0.0432. The maximum atomic E-state index is 12.4. The Morgan fingerprint density at radius 1 is 1.28 bits per heavy atom. The van der Waals surface area contributed by atoms with Crippen molar-refractivity contribution in [2.45, 2.75) is 38.5 Å². The third-order valence-corrected chi connectivity index (χ3v) is 4.38. The van der Waals surface area contributed by atoms with Gasteiger partial charge in [-0.2, -0.15) is 5.26 Å². The first-order valence-corrected chi connectivity index (χ1v) is 7.07. The van der Waals surface area contributed by atoms with Gasteiger partial charge in [-0.15, -0.1) is 0 Å². The molecule has 2 aliphatic rings. The zero-order valence-corrected chi connectivity index (χ0v) is 11.3. The predicted molar refractivity (Wildman–Crippen MR) is 69.8 cm³/mol. The molecule has 1 aliphatic heterocycles. The SMILES string of the molecule is CN(CCN1CCCC1)C(=O)C1(C#N)CCCC1. The molecule has 0 aromatic heterocycles. The van der Waals surface area contributed by atoms with Gasteiger partial charge in [0.05, 0.1) is 6.07 Å². The molecule has 2 fully saturated rings.